The van der Waals surface area contributed by atoms with E-state index in [0.717, 1.165) is 29.8 Å². The summed E-state index contributed by atoms with van der Waals surface area (Å²) < 4.78 is 5.13. The van der Waals surface area contributed by atoms with Gasteiger partial charge in [-0.25, -0.2) is 0 Å². The molecule has 0 radical (unpaired) electrons. The summed E-state index contributed by atoms with van der Waals surface area (Å²) in [5.74, 6) is 0.891. The molecule has 0 amide bonds. The predicted octanol–water partition coefficient (Wildman–Crippen LogP) is 4.49. The molecule has 0 saturated carbocycles. The summed E-state index contributed by atoms with van der Waals surface area (Å²) in [6.07, 6.45) is 5.41. The Morgan fingerprint density at radius 3 is 2.27 bits per heavy atom. The highest BCUT2D eigenvalue weighted by molar-refractivity contribution is 6.03. The van der Waals surface area contributed by atoms with Gasteiger partial charge in [-0.2, -0.15) is 0 Å². The number of hydrogen-bond acceptors (Lipinski definition) is 4. The Morgan fingerprint density at radius 2 is 1.77 bits per heavy atom. The van der Waals surface area contributed by atoms with Crippen molar-refractivity contribution in [3.63, 3.8) is 0 Å². The van der Waals surface area contributed by atoms with Gasteiger partial charge in [0.2, 0.25) is 0 Å². The normalized spacial score (nSPS) is 17.5. The molecule has 0 saturated heterocycles. The first-order valence-electron chi connectivity index (χ1n) is 8.86. The molecule has 2 aromatic rings. The van der Waals surface area contributed by atoms with E-state index in [1.807, 2.05) is 24.3 Å². The van der Waals surface area contributed by atoms with Gasteiger partial charge in [0.1, 0.15) is 11.5 Å². The SMILES string of the molecule is CCC1C=CC(C(c2ccc(O)cc2)c2ccc(OC(C)=O)cc2)=NC1. The van der Waals surface area contributed by atoms with E-state index in [9.17, 15) is 9.90 Å². The second kappa shape index (κ2) is 8.00. The van der Waals surface area contributed by atoms with Crippen molar-refractivity contribution in [2.24, 2.45) is 10.9 Å². The predicted molar refractivity (Wildman–Crippen MR) is 103 cm³/mol. The van der Waals surface area contributed by atoms with Crippen molar-refractivity contribution in [1.82, 2.24) is 0 Å². The number of carbonyl (C=O) groups is 1. The summed E-state index contributed by atoms with van der Waals surface area (Å²) in [6.45, 7) is 4.35. The van der Waals surface area contributed by atoms with Gasteiger partial charge in [0.15, 0.2) is 0 Å². The molecule has 26 heavy (non-hydrogen) atoms. The van der Waals surface area contributed by atoms with Crippen molar-refractivity contribution in [3.8, 4) is 11.5 Å². The average Bonchev–Trinajstić information content (AvgIpc) is 2.65. The second-order valence-electron chi connectivity index (χ2n) is 6.48. The van der Waals surface area contributed by atoms with Crippen molar-refractivity contribution >= 4 is 11.7 Å². The number of dihydropyridines is 1. The summed E-state index contributed by atoms with van der Waals surface area (Å²) in [6, 6.07) is 14.7. The van der Waals surface area contributed by atoms with Crippen molar-refractivity contribution < 1.29 is 14.6 Å². The zero-order valence-electron chi connectivity index (χ0n) is 15.1. The molecule has 0 aliphatic carbocycles. The maximum Gasteiger partial charge on any atom is 0.308 e. The van der Waals surface area contributed by atoms with Crippen LogP contribution in [0.3, 0.4) is 0 Å². The van der Waals surface area contributed by atoms with Gasteiger partial charge < -0.3 is 9.84 Å². The van der Waals surface area contributed by atoms with Gasteiger partial charge in [0, 0.05) is 19.2 Å². The largest absolute Gasteiger partial charge is 0.508 e. The number of nitrogens with zero attached hydrogens (tertiary/aromatic N) is 1. The molecule has 0 bridgehead atoms. The topological polar surface area (TPSA) is 58.9 Å². The molecule has 2 aromatic carbocycles. The number of aliphatic imine (C=N–C) groups is 1. The Labute approximate surface area is 153 Å². The number of benzene rings is 2. The highest BCUT2D eigenvalue weighted by Crippen LogP contribution is 2.31. The van der Waals surface area contributed by atoms with Crippen molar-refractivity contribution in [2.75, 3.05) is 6.54 Å². The van der Waals surface area contributed by atoms with Crippen LogP contribution in [0.4, 0.5) is 0 Å². The monoisotopic (exact) mass is 349 g/mol. The Morgan fingerprint density at radius 1 is 1.15 bits per heavy atom. The number of phenolic OH excluding ortho intramolecular Hbond substituents is 1. The fourth-order valence-corrected chi connectivity index (χ4v) is 3.12. The molecular formula is C22H23NO3. The first kappa shape index (κ1) is 17.9. The lowest BCUT2D eigenvalue weighted by atomic mass is 9.85. The fraction of sp³-hybridized carbons (Fsp3) is 0.273. The molecule has 2 atom stereocenters. The summed E-state index contributed by atoms with van der Waals surface area (Å²) in [5, 5.41) is 9.61. The molecule has 0 spiro atoms. The maximum absolute atomic E-state index is 11.1. The van der Waals surface area contributed by atoms with Gasteiger partial charge >= 0.3 is 5.97 Å². The van der Waals surface area contributed by atoms with Gasteiger partial charge in [0.05, 0.1) is 5.92 Å². The van der Waals surface area contributed by atoms with E-state index in [4.69, 9.17) is 9.73 Å². The maximum atomic E-state index is 11.1. The highest BCUT2D eigenvalue weighted by atomic mass is 16.5. The van der Waals surface area contributed by atoms with Gasteiger partial charge in [-0.15, -0.1) is 0 Å². The highest BCUT2D eigenvalue weighted by Gasteiger charge is 2.21. The number of ether oxygens (including phenoxy) is 1. The van der Waals surface area contributed by atoms with Crippen molar-refractivity contribution in [2.45, 2.75) is 26.2 Å². The van der Waals surface area contributed by atoms with Crippen LogP contribution in [-0.2, 0) is 4.79 Å². The number of carbonyl (C=O) groups excluding carboxylic acids is 1. The molecule has 1 N–H and O–H groups in total. The minimum absolute atomic E-state index is 0.0314. The average molecular weight is 349 g/mol. The van der Waals surface area contributed by atoms with Crippen LogP contribution in [0.5, 0.6) is 11.5 Å². The Balaban J connectivity index is 1.95. The van der Waals surface area contributed by atoms with E-state index >= 15 is 0 Å². The third-order valence-electron chi connectivity index (χ3n) is 4.57. The third kappa shape index (κ3) is 4.20. The summed E-state index contributed by atoms with van der Waals surface area (Å²) in [5.41, 5.74) is 3.12. The molecule has 4 nitrogen and oxygen atoms in total. The molecule has 1 aliphatic heterocycles. The quantitative estimate of drug-likeness (QED) is 0.639. The third-order valence-corrected chi connectivity index (χ3v) is 4.57. The van der Waals surface area contributed by atoms with Crippen LogP contribution in [0.1, 0.15) is 37.3 Å². The molecule has 134 valence electrons. The van der Waals surface area contributed by atoms with Crippen LogP contribution >= 0.6 is 0 Å². The Hall–Kier alpha value is -2.88. The number of phenols is 1. The lowest BCUT2D eigenvalue weighted by Crippen LogP contribution is -2.18. The number of hydrogen-bond donors (Lipinski definition) is 1. The minimum atomic E-state index is -0.335. The first-order chi connectivity index (χ1) is 12.6. The summed E-state index contributed by atoms with van der Waals surface area (Å²) in [7, 11) is 0. The van der Waals surface area contributed by atoms with E-state index in [0.29, 0.717) is 11.7 Å². The smallest absolute Gasteiger partial charge is 0.308 e. The lowest BCUT2D eigenvalue weighted by molar-refractivity contribution is -0.131. The van der Waals surface area contributed by atoms with Gasteiger partial charge in [-0.3, -0.25) is 9.79 Å². The number of esters is 1. The van der Waals surface area contributed by atoms with Crippen LogP contribution in [0.25, 0.3) is 0 Å². The van der Waals surface area contributed by atoms with Crippen LogP contribution < -0.4 is 4.74 Å². The minimum Gasteiger partial charge on any atom is -0.508 e. The Bertz CT molecular complexity index is 819. The van der Waals surface area contributed by atoms with Crippen LogP contribution in [0.15, 0.2) is 65.7 Å². The standard InChI is InChI=1S/C22H23NO3/c1-3-16-4-13-21(23-14-16)22(17-5-9-19(25)10-6-17)18-7-11-20(12-8-18)26-15(2)24/h4-13,16,22,25H,3,14H2,1-2H3. The van der Waals surface area contributed by atoms with Crippen molar-refractivity contribution in [3.05, 3.63) is 71.8 Å². The zero-order valence-corrected chi connectivity index (χ0v) is 15.1. The number of aromatic hydroxyl groups is 1. The second-order valence-corrected chi connectivity index (χ2v) is 6.48. The van der Waals surface area contributed by atoms with E-state index in [-0.39, 0.29) is 17.6 Å². The van der Waals surface area contributed by atoms with E-state index in [1.54, 1.807) is 24.3 Å². The van der Waals surface area contributed by atoms with Crippen LogP contribution in [0, 0.1) is 5.92 Å². The molecular weight excluding hydrogens is 326 g/mol. The first-order valence-corrected chi connectivity index (χ1v) is 8.86. The molecule has 3 rings (SSSR count). The summed E-state index contributed by atoms with van der Waals surface area (Å²) in [4.78, 5) is 15.9. The van der Waals surface area contributed by atoms with E-state index < -0.39 is 0 Å². The molecule has 2 unspecified atom stereocenters. The van der Waals surface area contributed by atoms with Gasteiger partial charge in [-0.05, 0) is 53.8 Å². The Kier molecular flexibility index (Phi) is 5.52. The van der Waals surface area contributed by atoms with E-state index in [2.05, 4.69) is 19.1 Å². The number of rotatable bonds is 5. The molecule has 0 aromatic heterocycles. The molecule has 1 heterocycles. The number of allylic oxidation sites excluding steroid dienone is 1. The van der Waals surface area contributed by atoms with Crippen molar-refractivity contribution in [1.29, 1.82) is 0 Å². The molecule has 0 fully saturated rings. The van der Waals surface area contributed by atoms with Gasteiger partial charge in [0.25, 0.3) is 0 Å². The molecule has 1 aliphatic rings. The zero-order chi connectivity index (χ0) is 18.5. The summed E-state index contributed by atoms with van der Waals surface area (Å²) >= 11 is 0. The van der Waals surface area contributed by atoms with Crippen LogP contribution in [-0.4, -0.2) is 23.3 Å². The van der Waals surface area contributed by atoms with E-state index in [1.165, 1.54) is 6.92 Å². The van der Waals surface area contributed by atoms with Gasteiger partial charge in [-0.1, -0.05) is 37.3 Å². The lowest BCUT2D eigenvalue weighted by Gasteiger charge is -2.23. The molecule has 4 heteroatoms. The van der Waals surface area contributed by atoms with Crippen LogP contribution in [0.2, 0.25) is 0 Å². The fourth-order valence-electron chi connectivity index (χ4n) is 3.12.